The minimum Gasteiger partial charge on any atom is -0.496 e. The first-order chi connectivity index (χ1) is 9.91. The molecule has 0 aliphatic carbocycles. The minimum atomic E-state index is -3.86. The number of hydrogen-bond donors (Lipinski definition) is 0. The van der Waals surface area contributed by atoms with Gasteiger partial charge in [-0.2, -0.15) is 0 Å². The predicted molar refractivity (Wildman–Crippen MR) is 81.5 cm³/mol. The van der Waals surface area contributed by atoms with Crippen molar-refractivity contribution in [2.75, 3.05) is 7.11 Å². The summed E-state index contributed by atoms with van der Waals surface area (Å²) in [6.45, 7) is 1.97. The van der Waals surface area contributed by atoms with Gasteiger partial charge < -0.3 is 9.47 Å². The Labute approximate surface area is 128 Å². The van der Waals surface area contributed by atoms with Crippen LogP contribution in [0.1, 0.15) is 11.1 Å². The normalized spacial score (nSPS) is 11.2. The van der Waals surface area contributed by atoms with E-state index < -0.39 is 9.05 Å². The molecule has 4 nitrogen and oxygen atoms in total. The van der Waals surface area contributed by atoms with Crippen molar-refractivity contribution in [3.05, 3.63) is 53.6 Å². The number of methoxy groups -OCH3 is 1. The van der Waals surface area contributed by atoms with Gasteiger partial charge in [0.2, 0.25) is 0 Å². The third kappa shape index (κ3) is 3.89. The summed E-state index contributed by atoms with van der Waals surface area (Å²) in [4.78, 5) is -0.0286. The average Bonchev–Trinajstić information content (AvgIpc) is 2.45. The number of hydrogen-bond acceptors (Lipinski definition) is 4. The lowest BCUT2D eigenvalue weighted by atomic mass is 10.2. The highest BCUT2D eigenvalue weighted by Crippen LogP contribution is 2.29. The largest absolute Gasteiger partial charge is 0.496 e. The number of rotatable bonds is 5. The van der Waals surface area contributed by atoms with Crippen LogP contribution in [0, 0.1) is 6.92 Å². The van der Waals surface area contributed by atoms with Crippen LogP contribution in [-0.2, 0) is 15.7 Å². The Morgan fingerprint density at radius 1 is 1.10 bits per heavy atom. The summed E-state index contributed by atoms with van der Waals surface area (Å²) < 4.78 is 34.0. The highest BCUT2D eigenvalue weighted by molar-refractivity contribution is 8.13. The second-order valence-corrected chi connectivity index (χ2v) is 7.02. The summed E-state index contributed by atoms with van der Waals surface area (Å²) in [5.41, 5.74) is 1.61. The molecule has 2 aromatic carbocycles. The molecule has 0 aliphatic heterocycles. The number of aryl methyl sites for hydroxylation is 1. The van der Waals surface area contributed by atoms with Gasteiger partial charge in [0.25, 0.3) is 9.05 Å². The molecule has 112 valence electrons. The van der Waals surface area contributed by atoms with Crippen molar-refractivity contribution in [3.63, 3.8) is 0 Å². The second kappa shape index (κ2) is 6.37. The maximum absolute atomic E-state index is 11.6. The summed E-state index contributed by atoms with van der Waals surface area (Å²) in [7, 11) is 3.15. The van der Waals surface area contributed by atoms with Gasteiger partial charge in [0, 0.05) is 16.2 Å². The van der Waals surface area contributed by atoms with E-state index in [4.69, 9.17) is 20.2 Å². The second-order valence-electron chi connectivity index (χ2n) is 4.49. The van der Waals surface area contributed by atoms with Gasteiger partial charge >= 0.3 is 0 Å². The van der Waals surface area contributed by atoms with Gasteiger partial charge in [0.15, 0.2) is 0 Å². The molecule has 2 rings (SSSR count). The Morgan fingerprint density at radius 3 is 2.48 bits per heavy atom. The Hall–Kier alpha value is -1.72. The van der Waals surface area contributed by atoms with E-state index in [1.807, 2.05) is 24.3 Å². The van der Waals surface area contributed by atoms with E-state index in [1.165, 1.54) is 6.07 Å². The fourth-order valence-corrected chi connectivity index (χ4v) is 2.96. The van der Waals surface area contributed by atoms with Crippen LogP contribution in [0.15, 0.2) is 47.4 Å². The van der Waals surface area contributed by atoms with Crippen molar-refractivity contribution < 1.29 is 17.9 Å². The van der Waals surface area contributed by atoms with Gasteiger partial charge in [-0.05, 0) is 30.7 Å². The molecule has 0 saturated carbocycles. The van der Waals surface area contributed by atoms with Gasteiger partial charge in [0.1, 0.15) is 23.0 Å². The minimum absolute atomic E-state index is 0.0286. The third-order valence-electron chi connectivity index (χ3n) is 2.94. The van der Waals surface area contributed by atoms with Crippen LogP contribution in [0.3, 0.4) is 0 Å². The van der Waals surface area contributed by atoms with Crippen LogP contribution < -0.4 is 9.47 Å². The number of para-hydroxylation sites is 1. The lowest BCUT2D eigenvalue weighted by Gasteiger charge is -2.12. The van der Waals surface area contributed by atoms with Gasteiger partial charge in [-0.3, -0.25) is 0 Å². The molecule has 6 heteroatoms. The van der Waals surface area contributed by atoms with E-state index >= 15 is 0 Å². The predicted octanol–water partition coefficient (Wildman–Crippen LogP) is 3.51. The lowest BCUT2D eigenvalue weighted by Crippen LogP contribution is -2.02. The van der Waals surface area contributed by atoms with Crippen LogP contribution in [-0.4, -0.2) is 15.5 Å². The zero-order valence-electron chi connectivity index (χ0n) is 11.7. The standard InChI is InChI=1S/C15H15ClO4S/c1-11-7-8-14(15(9-11)21(16,17)18)20-10-12-5-3-4-6-13(12)19-2/h3-9H,10H2,1-2H3. The first-order valence-corrected chi connectivity index (χ1v) is 8.53. The summed E-state index contributed by atoms with van der Waals surface area (Å²) in [5.74, 6) is 0.904. The SMILES string of the molecule is COc1ccccc1COc1ccc(C)cc1S(=O)(=O)Cl. The Balaban J connectivity index is 2.29. The van der Waals surface area contributed by atoms with E-state index in [-0.39, 0.29) is 17.3 Å². The molecule has 0 N–H and O–H groups in total. The van der Waals surface area contributed by atoms with Crippen LogP contribution in [0.4, 0.5) is 0 Å². The third-order valence-corrected chi connectivity index (χ3v) is 4.28. The van der Waals surface area contributed by atoms with Crippen molar-refractivity contribution in [2.24, 2.45) is 0 Å². The Morgan fingerprint density at radius 2 is 1.81 bits per heavy atom. The zero-order chi connectivity index (χ0) is 15.5. The lowest BCUT2D eigenvalue weighted by molar-refractivity contribution is 0.289. The van der Waals surface area contributed by atoms with Crippen molar-refractivity contribution in [2.45, 2.75) is 18.4 Å². The van der Waals surface area contributed by atoms with Crippen LogP contribution in [0.2, 0.25) is 0 Å². The molecule has 0 amide bonds. The van der Waals surface area contributed by atoms with E-state index in [1.54, 1.807) is 26.2 Å². The van der Waals surface area contributed by atoms with Crippen LogP contribution in [0.5, 0.6) is 11.5 Å². The molecule has 0 heterocycles. The monoisotopic (exact) mass is 326 g/mol. The Bertz CT molecular complexity index is 741. The van der Waals surface area contributed by atoms with Crippen molar-refractivity contribution in [1.29, 1.82) is 0 Å². The number of ether oxygens (including phenoxy) is 2. The summed E-state index contributed by atoms with van der Waals surface area (Å²) in [6, 6.07) is 12.2. The summed E-state index contributed by atoms with van der Waals surface area (Å²) >= 11 is 0. The van der Waals surface area contributed by atoms with Gasteiger partial charge in [-0.25, -0.2) is 8.42 Å². The zero-order valence-corrected chi connectivity index (χ0v) is 13.2. The molecule has 0 bridgehead atoms. The fraction of sp³-hybridized carbons (Fsp3) is 0.200. The molecule has 0 radical (unpaired) electrons. The van der Waals surface area contributed by atoms with Crippen molar-refractivity contribution in [1.82, 2.24) is 0 Å². The molecule has 0 spiro atoms. The number of benzene rings is 2. The molecular weight excluding hydrogens is 312 g/mol. The fourth-order valence-electron chi connectivity index (χ4n) is 1.90. The molecule has 2 aromatic rings. The highest BCUT2D eigenvalue weighted by Gasteiger charge is 2.17. The van der Waals surface area contributed by atoms with E-state index in [0.717, 1.165) is 11.1 Å². The molecule has 0 aliphatic rings. The van der Waals surface area contributed by atoms with Gasteiger partial charge in [-0.1, -0.05) is 24.3 Å². The van der Waals surface area contributed by atoms with Gasteiger partial charge in [-0.15, -0.1) is 0 Å². The van der Waals surface area contributed by atoms with E-state index in [9.17, 15) is 8.42 Å². The topological polar surface area (TPSA) is 52.6 Å². The molecule has 0 saturated heterocycles. The molecular formula is C15H15ClO4S. The Kier molecular flexibility index (Phi) is 4.75. The molecule has 21 heavy (non-hydrogen) atoms. The van der Waals surface area contributed by atoms with Crippen LogP contribution >= 0.6 is 10.7 Å². The maximum atomic E-state index is 11.6. The molecule has 0 unspecified atom stereocenters. The average molecular weight is 327 g/mol. The molecule has 0 aromatic heterocycles. The van der Waals surface area contributed by atoms with E-state index in [2.05, 4.69) is 0 Å². The van der Waals surface area contributed by atoms with Crippen molar-refractivity contribution >= 4 is 19.7 Å². The van der Waals surface area contributed by atoms with Crippen LogP contribution in [0.25, 0.3) is 0 Å². The smallest absolute Gasteiger partial charge is 0.264 e. The number of halogens is 1. The summed E-state index contributed by atoms with van der Waals surface area (Å²) in [6.07, 6.45) is 0. The van der Waals surface area contributed by atoms with Crippen molar-refractivity contribution in [3.8, 4) is 11.5 Å². The first kappa shape index (κ1) is 15.7. The highest BCUT2D eigenvalue weighted by atomic mass is 35.7. The first-order valence-electron chi connectivity index (χ1n) is 6.22. The summed E-state index contributed by atoms with van der Waals surface area (Å²) in [5, 5.41) is 0. The van der Waals surface area contributed by atoms with Gasteiger partial charge in [0.05, 0.1) is 7.11 Å². The van der Waals surface area contributed by atoms with E-state index in [0.29, 0.717) is 5.75 Å². The molecule has 0 fully saturated rings. The maximum Gasteiger partial charge on any atom is 0.264 e. The molecule has 0 atom stereocenters. The quantitative estimate of drug-likeness (QED) is 0.789.